The SMILES string of the molecule is C=CC(=O)N[C@@]1(C)CCN(c2ncc3ncnc(Nc4ccc(Oc5ccc6c(c5)nnn6C)c(C)c4)c3n2)C1. The Kier molecular flexibility index (Phi) is 6.21. The Hall–Kier alpha value is -5.13. The number of anilines is 3. The van der Waals surface area contributed by atoms with Crippen LogP contribution in [0.4, 0.5) is 17.5 Å². The van der Waals surface area contributed by atoms with Gasteiger partial charge in [0.15, 0.2) is 5.82 Å². The molecule has 5 aromatic rings. The van der Waals surface area contributed by atoms with E-state index in [1.807, 2.05) is 62.2 Å². The lowest BCUT2D eigenvalue weighted by Gasteiger charge is -2.25. The van der Waals surface area contributed by atoms with Gasteiger partial charge in [0, 0.05) is 31.9 Å². The first-order valence-electron chi connectivity index (χ1n) is 12.8. The normalized spacial score (nSPS) is 16.8. The van der Waals surface area contributed by atoms with Gasteiger partial charge in [0.2, 0.25) is 11.9 Å². The van der Waals surface area contributed by atoms with Crippen LogP contribution in [0.1, 0.15) is 18.9 Å². The van der Waals surface area contributed by atoms with Crippen LogP contribution in [-0.4, -0.2) is 59.5 Å². The third-order valence-corrected chi connectivity index (χ3v) is 6.98. The number of rotatable bonds is 7. The van der Waals surface area contributed by atoms with Crippen molar-refractivity contribution in [2.45, 2.75) is 25.8 Å². The maximum Gasteiger partial charge on any atom is 0.243 e. The van der Waals surface area contributed by atoms with Crippen molar-refractivity contribution in [1.82, 2.24) is 40.2 Å². The highest BCUT2D eigenvalue weighted by Crippen LogP contribution is 2.31. The van der Waals surface area contributed by atoms with E-state index in [-0.39, 0.29) is 11.4 Å². The molecule has 1 amide bonds. The Labute approximate surface area is 230 Å². The van der Waals surface area contributed by atoms with E-state index in [0.717, 1.165) is 34.5 Å². The van der Waals surface area contributed by atoms with Crippen LogP contribution < -0.4 is 20.3 Å². The molecule has 1 fully saturated rings. The molecule has 0 saturated carbocycles. The average molecular weight is 537 g/mol. The Morgan fingerprint density at radius 3 is 2.85 bits per heavy atom. The van der Waals surface area contributed by atoms with E-state index in [1.165, 1.54) is 12.4 Å². The van der Waals surface area contributed by atoms with E-state index in [9.17, 15) is 4.79 Å². The van der Waals surface area contributed by atoms with Crippen LogP contribution in [0.2, 0.25) is 0 Å². The monoisotopic (exact) mass is 536 g/mol. The largest absolute Gasteiger partial charge is 0.457 e. The zero-order valence-corrected chi connectivity index (χ0v) is 22.4. The molecule has 3 aromatic heterocycles. The number of aromatic nitrogens is 7. The maximum absolute atomic E-state index is 11.9. The lowest BCUT2D eigenvalue weighted by Crippen LogP contribution is -2.47. The topological polar surface area (TPSA) is 136 Å². The van der Waals surface area contributed by atoms with Gasteiger partial charge in [0.1, 0.15) is 34.4 Å². The summed E-state index contributed by atoms with van der Waals surface area (Å²) in [5.74, 6) is 2.34. The van der Waals surface area contributed by atoms with E-state index in [0.29, 0.717) is 41.6 Å². The zero-order chi connectivity index (χ0) is 27.9. The van der Waals surface area contributed by atoms with Crippen LogP contribution in [-0.2, 0) is 11.8 Å². The number of ether oxygens (including phenoxy) is 1. The molecule has 0 bridgehead atoms. The predicted molar refractivity (Wildman–Crippen MR) is 152 cm³/mol. The summed E-state index contributed by atoms with van der Waals surface area (Å²) in [6.07, 6.45) is 5.23. The first-order chi connectivity index (χ1) is 19.3. The summed E-state index contributed by atoms with van der Waals surface area (Å²) in [4.78, 5) is 32.0. The van der Waals surface area contributed by atoms with Gasteiger partial charge in [-0.25, -0.2) is 24.6 Å². The summed E-state index contributed by atoms with van der Waals surface area (Å²) in [5.41, 5.74) is 4.31. The number of carbonyl (C=O) groups excluding carboxylic acids is 1. The number of nitrogens with one attached hydrogen (secondary N) is 2. The second-order valence-corrected chi connectivity index (χ2v) is 10.1. The summed E-state index contributed by atoms with van der Waals surface area (Å²) in [7, 11) is 1.85. The fourth-order valence-electron chi connectivity index (χ4n) is 4.86. The summed E-state index contributed by atoms with van der Waals surface area (Å²) >= 11 is 0. The molecule has 1 aliphatic heterocycles. The van der Waals surface area contributed by atoms with Crippen LogP contribution in [0.5, 0.6) is 11.5 Å². The molecule has 202 valence electrons. The van der Waals surface area contributed by atoms with Crippen LogP contribution in [0.15, 0.2) is 61.6 Å². The number of hydrogen-bond acceptors (Lipinski definition) is 10. The molecule has 6 rings (SSSR count). The molecule has 12 heteroatoms. The molecular weight excluding hydrogens is 508 g/mol. The molecule has 2 aromatic carbocycles. The average Bonchev–Trinajstić information content (AvgIpc) is 3.52. The molecule has 4 heterocycles. The highest BCUT2D eigenvalue weighted by atomic mass is 16.5. The predicted octanol–water partition coefficient (Wildman–Crippen LogP) is 3.82. The Balaban J connectivity index is 1.22. The molecule has 0 radical (unpaired) electrons. The molecule has 0 unspecified atom stereocenters. The van der Waals surface area contributed by atoms with Gasteiger partial charge >= 0.3 is 0 Å². The lowest BCUT2D eigenvalue weighted by atomic mass is 10.0. The summed E-state index contributed by atoms with van der Waals surface area (Å²) < 4.78 is 7.86. The first-order valence-corrected chi connectivity index (χ1v) is 12.8. The Bertz CT molecular complexity index is 1770. The van der Waals surface area contributed by atoms with Crippen molar-refractivity contribution in [3.05, 3.63) is 67.1 Å². The number of hydrogen-bond donors (Lipinski definition) is 2. The fraction of sp³-hybridized carbons (Fsp3) is 0.250. The Morgan fingerprint density at radius 2 is 2.02 bits per heavy atom. The number of nitrogens with zero attached hydrogens (tertiary/aromatic N) is 8. The Morgan fingerprint density at radius 1 is 1.15 bits per heavy atom. The van der Waals surface area contributed by atoms with Gasteiger partial charge in [-0.15, -0.1) is 5.10 Å². The number of benzene rings is 2. The number of fused-ring (bicyclic) bond motifs is 2. The highest BCUT2D eigenvalue weighted by Gasteiger charge is 2.36. The first kappa shape index (κ1) is 25.2. The van der Waals surface area contributed by atoms with E-state index in [4.69, 9.17) is 9.72 Å². The molecule has 1 saturated heterocycles. The van der Waals surface area contributed by atoms with Gasteiger partial charge in [-0.05, 0) is 62.2 Å². The van der Waals surface area contributed by atoms with Crippen molar-refractivity contribution in [1.29, 1.82) is 0 Å². The van der Waals surface area contributed by atoms with Crippen molar-refractivity contribution in [3.63, 3.8) is 0 Å². The van der Waals surface area contributed by atoms with E-state index in [2.05, 4.69) is 42.5 Å². The molecule has 40 heavy (non-hydrogen) atoms. The second kappa shape index (κ2) is 9.88. The quantitative estimate of drug-likeness (QED) is 0.296. The van der Waals surface area contributed by atoms with Crippen LogP contribution in [0.3, 0.4) is 0 Å². The third-order valence-electron chi connectivity index (χ3n) is 6.98. The van der Waals surface area contributed by atoms with Gasteiger partial charge < -0.3 is 20.3 Å². The molecule has 1 atom stereocenters. The van der Waals surface area contributed by atoms with E-state index < -0.39 is 0 Å². The van der Waals surface area contributed by atoms with Crippen LogP contribution in [0.25, 0.3) is 22.1 Å². The van der Waals surface area contributed by atoms with Crippen LogP contribution >= 0.6 is 0 Å². The fourth-order valence-corrected chi connectivity index (χ4v) is 4.86. The molecular formula is C28H28N10O2. The molecule has 2 N–H and O–H groups in total. The van der Waals surface area contributed by atoms with Gasteiger partial charge in [0.05, 0.1) is 17.3 Å². The van der Waals surface area contributed by atoms with Crippen molar-refractivity contribution >= 4 is 45.4 Å². The minimum atomic E-state index is -0.389. The lowest BCUT2D eigenvalue weighted by molar-refractivity contribution is -0.117. The molecule has 0 aliphatic carbocycles. The van der Waals surface area contributed by atoms with Crippen LogP contribution in [0, 0.1) is 6.92 Å². The van der Waals surface area contributed by atoms with E-state index >= 15 is 0 Å². The maximum atomic E-state index is 11.9. The highest BCUT2D eigenvalue weighted by molar-refractivity contribution is 5.88. The molecule has 0 spiro atoms. The van der Waals surface area contributed by atoms with Gasteiger partial charge in [0.25, 0.3) is 0 Å². The van der Waals surface area contributed by atoms with Crippen molar-refractivity contribution in [3.8, 4) is 11.5 Å². The number of carbonyl (C=O) groups is 1. The zero-order valence-electron chi connectivity index (χ0n) is 22.4. The molecule has 1 aliphatic rings. The van der Waals surface area contributed by atoms with Gasteiger partial charge in [-0.1, -0.05) is 11.8 Å². The van der Waals surface area contributed by atoms with Crippen molar-refractivity contribution < 1.29 is 9.53 Å². The summed E-state index contributed by atoms with van der Waals surface area (Å²) in [5, 5.41) is 14.6. The molecule has 12 nitrogen and oxygen atoms in total. The number of amides is 1. The van der Waals surface area contributed by atoms with Crippen molar-refractivity contribution in [2.75, 3.05) is 23.3 Å². The smallest absolute Gasteiger partial charge is 0.243 e. The summed E-state index contributed by atoms with van der Waals surface area (Å²) in [6, 6.07) is 11.5. The minimum absolute atomic E-state index is 0.193. The van der Waals surface area contributed by atoms with Crippen molar-refractivity contribution in [2.24, 2.45) is 7.05 Å². The van der Waals surface area contributed by atoms with Gasteiger partial charge in [-0.3, -0.25) is 4.79 Å². The van der Waals surface area contributed by atoms with Gasteiger partial charge in [-0.2, -0.15) is 0 Å². The summed E-state index contributed by atoms with van der Waals surface area (Å²) in [6.45, 7) is 8.83. The number of aryl methyl sites for hydroxylation is 2. The third kappa shape index (κ3) is 4.86. The van der Waals surface area contributed by atoms with E-state index in [1.54, 1.807) is 10.9 Å². The second-order valence-electron chi connectivity index (χ2n) is 10.1. The minimum Gasteiger partial charge on any atom is -0.457 e. The standard InChI is InChI=1S/C28H28N10O2/c1-5-24(39)34-28(3)10-11-38(15-28)27-29-14-21-25(33-27)26(31-16-30-21)32-18-6-9-23(17(2)12-18)40-19-7-8-22-20(13-19)35-36-37(22)4/h5-9,12-14,16H,1,10-11,15H2,2-4H3,(H,34,39)(H,30,31,32)/t28-/m0/s1.